The summed E-state index contributed by atoms with van der Waals surface area (Å²) >= 11 is 5.77. The van der Waals surface area contributed by atoms with Gasteiger partial charge in [-0.25, -0.2) is 0 Å². The molecule has 0 atom stereocenters. The highest BCUT2D eigenvalue weighted by atomic mass is 35.5. The quantitative estimate of drug-likeness (QED) is 0.482. The molecule has 0 radical (unpaired) electrons. The average Bonchev–Trinajstić information content (AvgIpc) is 2.42. The topological polar surface area (TPSA) is 51.2 Å². The zero-order valence-corrected chi connectivity index (χ0v) is 10.8. The van der Waals surface area contributed by atoms with Gasteiger partial charge in [0, 0.05) is 17.0 Å². The van der Waals surface area contributed by atoms with E-state index in [9.17, 15) is 14.4 Å². The number of hydrogen-bond acceptors (Lipinski definition) is 3. The van der Waals surface area contributed by atoms with E-state index in [0.29, 0.717) is 10.6 Å². The summed E-state index contributed by atoms with van der Waals surface area (Å²) in [5.41, 5.74) is 0.470. The van der Waals surface area contributed by atoms with Crippen LogP contribution in [-0.4, -0.2) is 17.3 Å². The van der Waals surface area contributed by atoms with E-state index >= 15 is 0 Å². The normalized spacial score (nSPS) is 14.7. The van der Waals surface area contributed by atoms with Gasteiger partial charge in [0.15, 0.2) is 17.3 Å². The first-order chi connectivity index (χ1) is 9.08. The number of allylic oxidation sites excluding steroid dienone is 4. The van der Waals surface area contributed by atoms with Gasteiger partial charge in [-0.2, -0.15) is 0 Å². The monoisotopic (exact) mass is 274 g/mol. The lowest BCUT2D eigenvalue weighted by Gasteiger charge is -2.08. The molecular weight excluding hydrogens is 264 g/mol. The van der Waals surface area contributed by atoms with Crippen molar-refractivity contribution in [3.8, 4) is 0 Å². The fourth-order valence-corrected chi connectivity index (χ4v) is 1.97. The Morgan fingerprint density at radius 3 is 2.47 bits per heavy atom. The fourth-order valence-electron chi connectivity index (χ4n) is 1.78. The van der Waals surface area contributed by atoms with Gasteiger partial charge < -0.3 is 0 Å². The molecule has 2 rings (SSSR count). The molecule has 1 aromatic carbocycles. The van der Waals surface area contributed by atoms with Gasteiger partial charge in [0.05, 0.1) is 12.0 Å². The van der Waals surface area contributed by atoms with Crippen molar-refractivity contribution in [1.29, 1.82) is 0 Å². The molecule has 0 N–H and O–H groups in total. The second-order valence-corrected chi connectivity index (χ2v) is 4.60. The second-order valence-electron chi connectivity index (χ2n) is 4.16. The first-order valence-corrected chi connectivity index (χ1v) is 6.17. The van der Waals surface area contributed by atoms with E-state index < -0.39 is 5.78 Å². The van der Waals surface area contributed by atoms with E-state index in [4.69, 9.17) is 11.6 Å². The number of rotatable bonds is 4. The molecule has 0 unspecified atom stereocenters. The van der Waals surface area contributed by atoms with Crippen molar-refractivity contribution in [3.05, 3.63) is 58.7 Å². The standard InChI is InChI=1S/C15H11ClO3/c16-11-6-7-13(17)12(8-11)15(19)9-14(18)10-4-2-1-3-5-10/h1-6,8H,7,9H2. The van der Waals surface area contributed by atoms with E-state index in [-0.39, 0.29) is 30.0 Å². The SMILES string of the molecule is O=C1CC=C(Cl)C=C1C(=O)CC(=O)c1ccccc1. The third-order valence-electron chi connectivity index (χ3n) is 2.78. The minimum absolute atomic E-state index is 0.0109. The highest BCUT2D eigenvalue weighted by Gasteiger charge is 2.23. The summed E-state index contributed by atoms with van der Waals surface area (Å²) in [4.78, 5) is 35.4. The number of benzene rings is 1. The Morgan fingerprint density at radius 2 is 1.79 bits per heavy atom. The van der Waals surface area contributed by atoms with Gasteiger partial charge in [0.25, 0.3) is 0 Å². The van der Waals surface area contributed by atoms with Gasteiger partial charge in [-0.05, 0) is 6.08 Å². The minimum Gasteiger partial charge on any atom is -0.294 e. The van der Waals surface area contributed by atoms with Crippen LogP contribution in [0.25, 0.3) is 0 Å². The molecule has 0 amide bonds. The van der Waals surface area contributed by atoms with Crippen LogP contribution in [0.3, 0.4) is 0 Å². The zero-order chi connectivity index (χ0) is 13.8. The average molecular weight is 275 g/mol. The fraction of sp³-hybridized carbons (Fsp3) is 0.133. The van der Waals surface area contributed by atoms with Gasteiger partial charge in [-0.15, -0.1) is 0 Å². The number of carbonyl (C=O) groups is 3. The van der Waals surface area contributed by atoms with Crippen LogP contribution in [-0.2, 0) is 9.59 Å². The summed E-state index contributed by atoms with van der Waals surface area (Å²) in [6, 6.07) is 8.51. The molecule has 0 aliphatic heterocycles. The Morgan fingerprint density at radius 1 is 1.11 bits per heavy atom. The van der Waals surface area contributed by atoms with Crippen molar-refractivity contribution in [2.24, 2.45) is 0 Å². The number of halogens is 1. The molecule has 0 bridgehead atoms. The maximum atomic E-state index is 11.9. The summed E-state index contributed by atoms with van der Waals surface area (Å²) in [6.07, 6.45) is 2.66. The lowest BCUT2D eigenvalue weighted by molar-refractivity contribution is -0.120. The van der Waals surface area contributed by atoms with Crippen LogP contribution in [0, 0.1) is 0 Å². The molecule has 96 valence electrons. The number of Topliss-reactive ketones (excluding diaryl/α,β-unsaturated/α-hetero) is 3. The third-order valence-corrected chi connectivity index (χ3v) is 3.05. The van der Waals surface area contributed by atoms with E-state index in [1.54, 1.807) is 36.4 Å². The molecule has 19 heavy (non-hydrogen) atoms. The predicted octanol–water partition coefficient (Wildman–Crippen LogP) is 2.85. The maximum absolute atomic E-state index is 11.9. The van der Waals surface area contributed by atoms with Crippen LogP contribution in [0.1, 0.15) is 23.2 Å². The van der Waals surface area contributed by atoms with Crippen LogP contribution in [0.15, 0.2) is 53.1 Å². The highest BCUT2D eigenvalue weighted by molar-refractivity contribution is 6.35. The summed E-state index contributed by atoms with van der Waals surface area (Å²) in [6.45, 7) is 0. The van der Waals surface area contributed by atoms with Crippen LogP contribution in [0.4, 0.5) is 0 Å². The van der Waals surface area contributed by atoms with Crippen molar-refractivity contribution in [2.75, 3.05) is 0 Å². The molecule has 1 aliphatic carbocycles. The van der Waals surface area contributed by atoms with E-state index in [2.05, 4.69) is 0 Å². The van der Waals surface area contributed by atoms with Crippen molar-refractivity contribution in [2.45, 2.75) is 12.8 Å². The Balaban J connectivity index is 2.12. The molecule has 0 aromatic heterocycles. The maximum Gasteiger partial charge on any atom is 0.174 e. The minimum atomic E-state index is -0.481. The Bertz CT molecular complexity index is 597. The molecule has 4 heteroatoms. The van der Waals surface area contributed by atoms with Crippen LogP contribution >= 0.6 is 11.6 Å². The van der Waals surface area contributed by atoms with Crippen molar-refractivity contribution >= 4 is 29.0 Å². The van der Waals surface area contributed by atoms with Gasteiger partial charge in [0.1, 0.15) is 0 Å². The molecule has 0 spiro atoms. The van der Waals surface area contributed by atoms with Gasteiger partial charge in [0.2, 0.25) is 0 Å². The molecule has 0 saturated heterocycles. The Labute approximate surface area is 115 Å². The van der Waals surface area contributed by atoms with E-state index in [1.807, 2.05) is 0 Å². The Hall–Kier alpha value is -2.00. The lowest BCUT2D eigenvalue weighted by Crippen LogP contribution is -2.18. The second kappa shape index (κ2) is 5.76. The smallest absolute Gasteiger partial charge is 0.174 e. The Kier molecular flexibility index (Phi) is 4.07. The van der Waals surface area contributed by atoms with Crippen LogP contribution in [0.2, 0.25) is 0 Å². The van der Waals surface area contributed by atoms with Gasteiger partial charge in [-0.3, -0.25) is 14.4 Å². The molecule has 0 fully saturated rings. The van der Waals surface area contributed by atoms with Crippen molar-refractivity contribution in [1.82, 2.24) is 0 Å². The zero-order valence-electron chi connectivity index (χ0n) is 10.1. The molecule has 3 nitrogen and oxygen atoms in total. The molecular formula is C15H11ClO3. The van der Waals surface area contributed by atoms with Crippen molar-refractivity contribution in [3.63, 3.8) is 0 Å². The summed E-state index contributed by atoms with van der Waals surface area (Å²) in [5.74, 6) is -1.08. The highest BCUT2D eigenvalue weighted by Crippen LogP contribution is 2.19. The van der Waals surface area contributed by atoms with Gasteiger partial charge >= 0.3 is 0 Å². The third kappa shape index (κ3) is 3.26. The van der Waals surface area contributed by atoms with E-state index in [0.717, 1.165) is 0 Å². The van der Waals surface area contributed by atoms with Crippen LogP contribution in [0.5, 0.6) is 0 Å². The first-order valence-electron chi connectivity index (χ1n) is 5.80. The molecule has 1 aromatic rings. The molecule has 1 aliphatic rings. The summed E-state index contributed by atoms with van der Waals surface area (Å²) in [5, 5.41) is 0.357. The predicted molar refractivity (Wildman–Crippen MR) is 72.0 cm³/mol. The largest absolute Gasteiger partial charge is 0.294 e. The van der Waals surface area contributed by atoms with Crippen LogP contribution < -0.4 is 0 Å². The van der Waals surface area contributed by atoms with Gasteiger partial charge in [-0.1, -0.05) is 48.0 Å². The lowest BCUT2D eigenvalue weighted by atomic mass is 9.95. The summed E-state index contributed by atoms with van der Waals surface area (Å²) in [7, 11) is 0. The summed E-state index contributed by atoms with van der Waals surface area (Å²) < 4.78 is 0. The number of ketones is 3. The van der Waals surface area contributed by atoms with E-state index in [1.165, 1.54) is 6.08 Å². The number of hydrogen-bond donors (Lipinski definition) is 0. The molecule has 0 heterocycles. The number of carbonyl (C=O) groups excluding carboxylic acids is 3. The molecule has 0 saturated carbocycles. The first kappa shape index (κ1) is 13.4. The van der Waals surface area contributed by atoms with Crippen molar-refractivity contribution < 1.29 is 14.4 Å².